The number of nitrogens with one attached hydrogen (secondary N) is 1. The Morgan fingerprint density at radius 2 is 2.05 bits per heavy atom. The first-order chi connectivity index (χ1) is 9.56. The van der Waals surface area contributed by atoms with E-state index in [1.807, 2.05) is 6.07 Å². The summed E-state index contributed by atoms with van der Waals surface area (Å²) < 4.78 is 18.8. The molecular weight excluding hydrogens is 255 g/mol. The van der Waals surface area contributed by atoms with E-state index in [0.29, 0.717) is 11.8 Å². The molecule has 0 radical (unpaired) electrons. The maximum atomic E-state index is 13.9. The number of hydrazine groups is 1. The molecule has 0 saturated heterocycles. The summed E-state index contributed by atoms with van der Waals surface area (Å²) in [6, 6.07) is 5.11. The van der Waals surface area contributed by atoms with Crippen molar-refractivity contribution in [3.05, 3.63) is 29.6 Å². The van der Waals surface area contributed by atoms with Gasteiger partial charge in [-0.25, -0.2) is 4.39 Å². The first-order valence-electron chi connectivity index (χ1n) is 7.36. The molecule has 1 aromatic rings. The molecule has 4 unspecified atom stereocenters. The molecule has 1 fully saturated rings. The number of ether oxygens (including phenoxy) is 1. The number of rotatable bonds is 4. The Bertz CT molecular complexity index is 452. The highest BCUT2D eigenvalue weighted by Gasteiger charge is 2.30. The van der Waals surface area contributed by atoms with Gasteiger partial charge >= 0.3 is 0 Å². The third-order valence-corrected chi connectivity index (χ3v) is 4.82. The van der Waals surface area contributed by atoms with Gasteiger partial charge in [-0.15, -0.1) is 0 Å². The van der Waals surface area contributed by atoms with Crippen LogP contribution in [0.2, 0.25) is 0 Å². The van der Waals surface area contributed by atoms with Crippen LogP contribution >= 0.6 is 0 Å². The van der Waals surface area contributed by atoms with E-state index >= 15 is 0 Å². The second-order valence-corrected chi connectivity index (χ2v) is 6.07. The van der Waals surface area contributed by atoms with Crippen LogP contribution in [-0.2, 0) is 0 Å². The highest BCUT2D eigenvalue weighted by molar-refractivity contribution is 5.31. The van der Waals surface area contributed by atoms with Crippen LogP contribution < -0.4 is 16.0 Å². The SMILES string of the molecule is COc1ccc(C(NN)C2CCC(C)C(C)C2)cc1F. The van der Waals surface area contributed by atoms with E-state index in [1.165, 1.54) is 19.6 Å². The van der Waals surface area contributed by atoms with Gasteiger partial charge in [0.15, 0.2) is 11.6 Å². The van der Waals surface area contributed by atoms with Gasteiger partial charge < -0.3 is 4.74 Å². The van der Waals surface area contributed by atoms with Crippen molar-refractivity contribution in [3.8, 4) is 5.75 Å². The maximum absolute atomic E-state index is 13.9. The van der Waals surface area contributed by atoms with Crippen LogP contribution in [0.5, 0.6) is 5.75 Å². The largest absolute Gasteiger partial charge is 0.494 e. The Morgan fingerprint density at radius 3 is 2.60 bits per heavy atom. The molecule has 4 atom stereocenters. The summed E-state index contributed by atoms with van der Waals surface area (Å²) in [5, 5.41) is 0. The van der Waals surface area contributed by atoms with Crippen molar-refractivity contribution in [2.45, 2.75) is 39.2 Å². The standard InChI is InChI=1S/C16H25FN2O/c1-10-4-5-12(8-11(10)2)16(19-18)13-6-7-15(20-3)14(17)9-13/h6-7,9-12,16,19H,4-5,8,18H2,1-3H3. The molecule has 0 spiro atoms. The van der Waals surface area contributed by atoms with Crippen molar-refractivity contribution in [2.24, 2.45) is 23.6 Å². The number of methoxy groups -OCH3 is 1. The van der Waals surface area contributed by atoms with Crippen LogP contribution in [-0.4, -0.2) is 7.11 Å². The molecule has 112 valence electrons. The minimum absolute atomic E-state index is 0.00496. The second kappa shape index (κ2) is 6.55. The average molecular weight is 280 g/mol. The molecule has 20 heavy (non-hydrogen) atoms. The van der Waals surface area contributed by atoms with Crippen molar-refractivity contribution in [1.29, 1.82) is 0 Å². The number of halogens is 1. The third kappa shape index (κ3) is 3.13. The van der Waals surface area contributed by atoms with E-state index in [4.69, 9.17) is 10.6 Å². The van der Waals surface area contributed by atoms with E-state index in [-0.39, 0.29) is 17.6 Å². The fraction of sp³-hybridized carbons (Fsp3) is 0.625. The highest BCUT2D eigenvalue weighted by Crippen LogP contribution is 2.40. The fourth-order valence-corrected chi connectivity index (χ4v) is 3.27. The fourth-order valence-electron chi connectivity index (χ4n) is 3.27. The van der Waals surface area contributed by atoms with E-state index in [9.17, 15) is 4.39 Å². The van der Waals surface area contributed by atoms with Crippen LogP contribution in [0.1, 0.15) is 44.7 Å². The maximum Gasteiger partial charge on any atom is 0.165 e. The first-order valence-corrected chi connectivity index (χ1v) is 7.36. The van der Waals surface area contributed by atoms with Gasteiger partial charge in [0.1, 0.15) is 0 Å². The van der Waals surface area contributed by atoms with E-state index in [1.54, 1.807) is 6.07 Å². The number of nitrogens with two attached hydrogens (primary N) is 1. The average Bonchev–Trinajstić information content (AvgIpc) is 2.44. The summed E-state index contributed by atoms with van der Waals surface area (Å²) in [5.41, 5.74) is 3.78. The summed E-state index contributed by atoms with van der Waals surface area (Å²) in [5.74, 6) is 7.58. The van der Waals surface area contributed by atoms with Crippen molar-refractivity contribution in [1.82, 2.24) is 5.43 Å². The lowest BCUT2D eigenvalue weighted by Crippen LogP contribution is -2.37. The zero-order valence-electron chi connectivity index (χ0n) is 12.5. The Balaban J connectivity index is 2.17. The monoisotopic (exact) mass is 280 g/mol. The van der Waals surface area contributed by atoms with Crippen LogP contribution in [0.25, 0.3) is 0 Å². The molecule has 4 heteroatoms. The van der Waals surface area contributed by atoms with Gasteiger partial charge in [-0.3, -0.25) is 11.3 Å². The van der Waals surface area contributed by atoms with Crippen molar-refractivity contribution >= 4 is 0 Å². The predicted molar refractivity (Wildman–Crippen MR) is 78.7 cm³/mol. The Labute approximate surface area is 120 Å². The Kier molecular flexibility index (Phi) is 5.00. The van der Waals surface area contributed by atoms with Gasteiger partial charge in [-0.05, 0) is 48.3 Å². The van der Waals surface area contributed by atoms with Crippen LogP contribution in [0.15, 0.2) is 18.2 Å². The second-order valence-electron chi connectivity index (χ2n) is 6.07. The van der Waals surface area contributed by atoms with Gasteiger partial charge in [0, 0.05) is 6.04 Å². The van der Waals surface area contributed by atoms with E-state index in [2.05, 4.69) is 19.3 Å². The molecule has 3 N–H and O–H groups in total. The molecule has 0 aliphatic heterocycles. The summed E-state index contributed by atoms with van der Waals surface area (Å²) in [6.45, 7) is 4.60. The lowest BCUT2D eigenvalue weighted by Gasteiger charge is -2.36. The lowest BCUT2D eigenvalue weighted by atomic mass is 9.72. The van der Waals surface area contributed by atoms with Crippen molar-refractivity contribution in [2.75, 3.05) is 7.11 Å². The topological polar surface area (TPSA) is 47.3 Å². The lowest BCUT2D eigenvalue weighted by molar-refractivity contribution is 0.171. The molecule has 2 rings (SSSR count). The zero-order valence-corrected chi connectivity index (χ0v) is 12.5. The number of hydrogen-bond acceptors (Lipinski definition) is 3. The molecule has 3 nitrogen and oxygen atoms in total. The molecule has 0 bridgehead atoms. The molecule has 1 saturated carbocycles. The Hall–Kier alpha value is -1.13. The van der Waals surface area contributed by atoms with Crippen LogP contribution in [0.3, 0.4) is 0 Å². The van der Waals surface area contributed by atoms with Crippen LogP contribution in [0, 0.1) is 23.6 Å². The van der Waals surface area contributed by atoms with Crippen molar-refractivity contribution < 1.29 is 9.13 Å². The third-order valence-electron chi connectivity index (χ3n) is 4.82. The zero-order chi connectivity index (χ0) is 14.7. The van der Waals surface area contributed by atoms with Gasteiger partial charge in [0.05, 0.1) is 7.11 Å². The molecule has 1 aliphatic carbocycles. The van der Waals surface area contributed by atoms with Gasteiger partial charge in [0.25, 0.3) is 0 Å². The highest BCUT2D eigenvalue weighted by atomic mass is 19.1. The molecular formula is C16H25FN2O. The van der Waals surface area contributed by atoms with Gasteiger partial charge in [0.2, 0.25) is 0 Å². The quantitative estimate of drug-likeness (QED) is 0.656. The molecule has 0 heterocycles. The minimum Gasteiger partial charge on any atom is -0.494 e. The summed E-state index contributed by atoms with van der Waals surface area (Å²) >= 11 is 0. The summed E-state index contributed by atoms with van der Waals surface area (Å²) in [7, 11) is 1.47. The number of benzene rings is 1. The number of hydrogen-bond donors (Lipinski definition) is 2. The smallest absolute Gasteiger partial charge is 0.165 e. The van der Waals surface area contributed by atoms with Gasteiger partial charge in [-0.2, -0.15) is 0 Å². The predicted octanol–water partition coefficient (Wildman–Crippen LogP) is 3.41. The summed E-state index contributed by atoms with van der Waals surface area (Å²) in [6.07, 6.45) is 3.47. The van der Waals surface area contributed by atoms with Gasteiger partial charge in [-0.1, -0.05) is 26.3 Å². The van der Waals surface area contributed by atoms with Crippen LogP contribution in [0.4, 0.5) is 4.39 Å². The van der Waals surface area contributed by atoms with E-state index in [0.717, 1.165) is 24.3 Å². The molecule has 1 aromatic carbocycles. The normalized spacial score (nSPS) is 28.1. The van der Waals surface area contributed by atoms with Crippen molar-refractivity contribution in [3.63, 3.8) is 0 Å². The van der Waals surface area contributed by atoms with E-state index < -0.39 is 0 Å². The Morgan fingerprint density at radius 1 is 1.30 bits per heavy atom. The molecule has 0 aromatic heterocycles. The minimum atomic E-state index is -0.331. The molecule has 0 amide bonds. The first kappa shape index (κ1) is 15.3. The summed E-state index contributed by atoms with van der Waals surface area (Å²) in [4.78, 5) is 0. The molecule has 1 aliphatic rings.